The number of carbonyl (C=O) groups excluding carboxylic acids is 3. The van der Waals surface area contributed by atoms with Gasteiger partial charge in [-0.2, -0.15) is 0 Å². The molecule has 2 fully saturated rings. The molecule has 0 unspecified atom stereocenters. The number of nitrogens with zero attached hydrogens (tertiary/aromatic N) is 2. The van der Waals surface area contributed by atoms with Crippen molar-refractivity contribution < 1.29 is 23.5 Å². The van der Waals surface area contributed by atoms with Gasteiger partial charge in [-0.1, -0.05) is 12.2 Å². The number of amides is 3. The van der Waals surface area contributed by atoms with Crippen LogP contribution in [0, 0.1) is 23.7 Å². The number of carbonyl (C=O) groups is 3. The Hall–Kier alpha value is -3.35. The van der Waals surface area contributed by atoms with E-state index >= 15 is 0 Å². The third-order valence-corrected chi connectivity index (χ3v) is 6.21. The maximum Gasteiger partial charge on any atom is 0.295 e. The fourth-order valence-corrected chi connectivity index (χ4v) is 4.80. The number of fused-ring (bicyclic) bond motifs is 5. The minimum absolute atomic E-state index is 0.127. The molecule has 148 valence electrons. The molecule has 1 saturated heterocycles. The van der Waals surface area contributed by atoms with Crippen molar-refractivity contribution in [2.75, 3.05) is 18.7 Å². The Labute approximate surface area is 167 Å². The summed E-state index contributed by atoms with van der Waals surface area (Å²) < 4.78 is 10.4. The second-order valence-corrected chi connectivity index (χ2v) is 7.65. The van der Waals surface area contributed by atoms with Gasteiger partial charge in [0.2, 0.25) is 11.8 Å². The molecule has 1 saturated carbocycles. The van der Waals surface area contributed by atoms with Gasteiger partial charge in [-0.05, 0) is 54.7 Å². The molecule has 0 N–H and O–H groups in total. The lowest BCUT2D eigenvalue weighted by Gasteiger charge is -2.27. The van der Waals surface area contributed by atoms with Crippen LogP contribution in [0.4, 0.5) is 5.69 Å². The Balaban J connectivity index is 1.46. The summed E-state index contributed by atoms with van der Waals surface area (Å²) in [4.78, 5) is 41.8. The van der Waals surface area contributed by atoms with Crippen molar-refractivity contribution in [3.63, 3.8) is 0 Å². The molecule has 1 aromatic heterocycles. The van der Waals surface area contributed by atoms with Crippen molar-refractivity contribution in [2.45, 2.75) is 6.42 Å². The average molecular weight is 392 g/mol. The van der Waals surface area contributed by atoms with Gasteiger partial charge in [-0.3, -0.25) is 24.2 Å². The van der Waals surface area contributed by atoms with Crippen molar-refractivity contribution in [1.82, 2.24) is 4.90 Å². The Bertz CT molecular complexity index is 965. The highest BCUT2D eigenvalue weighted by molar-refractivity contribution is 6.09. The van der Waals surface area contributed by atoms with Crippen LogP contribution in [0.25, 0.3) is 0 Å². The Morgan fingerprint density at radius 3 is 2.31 bits per heavy atom. The highest BCUT2D eigenvalue weighted by atomic mass is 16.5. The van der Waals surface area contributed by atoms with E-state index in [1.165, 1.54) is 16.1 Å². The van der Waals surface area contributed by atoms with Crippen LogP contribution in [-0.2, 0) is 9.59 Å². The molecule has 7 nitrogen and oxygen atoms in total. The van der Waals surface area contributed by atoms with Crippen molar-refractivity contribution in [3.8, 4) is 5.75 Å². The highest BCUT2D eigenvalue weighted by Crippen LogP contribution is 2.52. The van der Waals surface area contributed by atoms with Gasteiger partial charge in [0.1, 0.15) is 12.4 Å². The number of imide groups is 1. The van der Waals surface area contributed by atoms with Gasteiger partial charge < -0.3 is 9.15 Å². The summed E-state index contributed by atoms with van der Waals surface area (Å²) in [6.07, 6.45) is 6.39. The van der Waals surface area contributed by atoms with E-state index in [-0.39, 0.29) is 47.9 Å². The van der Waals surface area contributed by atoms with Crippen molar-refractivity contribution >= 4 is 23.4 Å². The van der Waals surface area contributed by atoms with E-state index < -0.39 is 5.91 Å². The van der Waals surface area contributed by atoms with E-state index in [9.17, 15) is 14.4 Å². The first-order valence-electron chi connectivity index (χ1n) is 9.61. The lowest BCUT2D eigenvalue weighted by Crippen LogP contribution is -2.45. The van der Waals surface area contributed by atoms with E-state index in [1.54, 1.807) is 43.5 Å². The van der Waals surface area contributed by atoms with Gasteiger partial charge in [-0.25, -0.2) is 0 Å². The summed E-state index contributed by atoms with van der Waals surface area (Å²) in [5.41, 5.74) is 0.547. The van der Waals surface area contributed by atoms with E-state index in [0.717, 1.165) is 6.42 Å². The lowest BCUT2D eigenvalue weighted by atomic mass is 9.85. The van der Waals surface area contributed by atoms with E-state index in [4.69, 9.17) is 9.15 Å². The number of ether oxygens (including phenoxy) is 1. The fraction of sp³-hybridized carbons (Fsp3) is 0.318. The van der Waals surface area contributed by atoms with Gasteiger partial charge in [0.15, 0.2) is 5.76 Å². The Morgan fingerprint density at radius 1 is 1.10 bits per heavy atom. The van der Waals surface area contributed by atoms with Crippen LogP contribution in [0.15, 0.2) is 59.2 Å². The zero-order chi connectivity index (χ0) is 20.1. The van der Waals surface area contributed by atoms with Crippen LogP contribution < -0.4 is 9.64 Å². The maximum atomic E-state index is 13.1. The summed E-state index contributed by atoms with van der Waals surface area (Å²) in [6, 6.07) is 10.1. The quantitative estimate of drug-likeness (QED) is 0.577. The molecule has 4 atom stereocenters. The zero-order valence-corrected chi connectivity index (χ0v) is 15.9. The molecule has 3 amide bonds. The molecule has 2 bridgehead atoms. The Morgan fingerprint density at radius 2 is 1.76 bits per heavy atom. The second kappa shape index (κ2) is 6.62. The molecule has 2 aliphatic carbocycles. The van der Waals surface area contributed by atoms with Gasteiger partial charge in [-0.15, -0.1) is 0 Å². The molecule has 0 radical (unpaired) electrons. The molecule has 7 heteroatoms. The van der Waals surface area contributed by atoms with Crippen LogP contribution in [0.1, 0.15) is 17.0 Å². The number of likely N-dealkylation sites (tertiary alicyclic amines) is 1. The second-order valence-electron chi connectivity index (χ2n) is 7.65. The molecule has 29 heavy (non-hydrogen) atoms. The van der Waals surface area contributed by atoms with Crippen LogP contribution in [0.5, 0.6) is 5.75 Å². The molecule has 2 aromatic rings. The first kappa shape index (κ1) is 17.7. The van der Waals surface area contributed by atoms with E-state index in [2.05, 4.69) is 12.2 Å². The number of rotatable bonds is 5. The van der Waals surface area contributed by atoms with Gasteiger partial charge in [0.05, 0.1) is 25.2 Å². The topological polar surface area (TPSA) is 80.1 Å². The minimum Gasteiger partial charge on any atom is -0.497 e. The summed E-state index contributed by atoms with van der Waals surface area (Å²) in [5.74, 6) is -0.359. The molecule has 5 rings (SSSR count). The maximum absolute atomic E-state index is 13.1. The van der Waals surface area contributed by atoms with Crippen LogP contribution in [0.3, 0.4) is 0 Å². The van der Waals surface area contributed by atoms with Crippen LogP contribution >= 0.6 is 0 Å². The third kappa shape index (κ3) is 2.68. The highest BCUT2D eigenvalue weighted by Gasteiger charge is 2.59. The average Bonchev–Trinajstić information content (AvgIpc) is 3.53. The molecule has 1 aliphatic heterocycles. The predicted molar refractivity (Wildman–Crippen MR) is 103 cm³/mol. The molecule has 2 heterocycles. The molecule has 0 spiro atoms. The summed E-state index contributed by atoms with van der Waals surface area (Å²) >= 11 is 0. The standard InChI is InChI=1S/C22H20N2O5/c1-28-16-8-6-15(7-9-16)23(20(25)17-3-2-10-29-17)12-24-21(26)18-13-4-5-14(11-13)19(18)22(24)27/h2-10,13-14,18-19H,11-12H2,1H3/t13-,14-,18+,19+/m0/s1. The number of anilines is 1. The predicted octanol–water partition coefficient (Wildman–Crippen LogP) is 2.70. The number of hydrogen-bond donors (Lipinski definition) is 0. The fourth-order valence-electron chi connectivity index (χ4n) is 4.80. The lowest BCUT2D eigenvalue weighted by molar-refractivity contribution is -0.140. The SMILES string of the molecule is COc1ccc(N(CN2C(=O)[C@H]3[C@H](C2=O)[C@H]2C=C[C@H]3C2)C(=O)c2ccco2)cc1. The number of methoxy groups -OCH3 is 1. The largest absolute Gasteiger partial charge is 0.497 e. The first-order chi connectivity index (χ1) is 14.1. The first-order valence-corrected chi connectivity index (χ1v) is 9.61. The smallest absolute Gasteiger partial charge is 0.295 e. The van der Waals surface area contributed by atoms with Crippen molar-refractivity contribution in [3.05, 3.63) is 60.6 Å². The molecule has 1 aromatic carbocycles. The van der Waals surface area contributed by atoms with E-state index in [0.29, 0.717) is 11.4 Å². The summed E-state index contributed by atoms with van der Waals surface area (Å²) in [7, 11) is 1.56. The number of benzene rings is 1. The van der Waals surface area contributed by atoms with Crippen molar-refractivity contribution in [1.29, 1.82) is 0 Å². The summed E-state index contributed by atoms with van der Waals surface area (Å²) in [6.45, 7) is -0.143. The van der Waals surface area contributed by atoms with Crippen LogP contribution in [-0.4, -0.2) is 36.4 Å². The van der Waals surface area contributed by atoms with E-state index in [1.807, 2.05) is 0 Å². The van der Waals surface area contributed by atoms with Crippen molar-refractivity contribution in [2.24, 2.45) is 23.7 Å². The number of furan rings is 1. The molecular weight excluding hydrogens is 372 g/mol. The normalized spacial score (nSPS) is 26.9. The zero-order valence-electron chi connectivity index (χ0n) is 15.9. The van der Waals surface area contributed by atoms with Crippen LogP contribution in [0.2, 0.25) is 0 Å². The number of allylic oxidation sites excluding steroid dienone is 2. The van der Waals surface area contributed by atoms with Gasteiger partial charge in [0, 0.05) is 5.69 Å². The van der Waals surface area contributed by atoms with Gasteiger partial charge >= 0.3 is 0 Å². The molecular formula is C22H20N2O5. The monoisotopic (exact) mass is 392 g/mol. The number of hydrogen-bond acceptors (Lipinski definition) is 5. The molecule has 3 aliphatic rings. The minimum atomic E-state index is -0.418. The third-order valence-electron chi connectivity index (χ3n) is 6.21. The van der Waals surface area contributed by atoms with Gasteiger partial charge in [0.25, 0.3) is 5.91 Å². The Kier molecular flexibility index (Phi) is 4.04. The summed E-state index contributed by atoms with van der Waals surface area (Å²) in [5, 5.41) is 0.